The van der Waals surface area contributed by atoms with E-state index in [2.05, 4.69) is 67.8 Å². The van der Waals surface area contributed by atoms with Crippen LogP contribution in [0.15, 0.2) is 91.0 Å². The molecule has 2 atom stereocenters. The third-order valence-corrected chi connectivity index (χ3v) is 6.40. The first kappa shape index (κ1) is 26.4. The third-order valence-electron chi connectivity index (χ3n) is 6.40. The summed E-state index contributed by atoms with van der Waals surface area (Å²) in [5, 5.41) is 6.82. The van der Waals surface area contributed by atoms with Gasteiger partial charge in [0.2, 0.25) is 5.91 Å². The molecule has 184 valence electrons. The highest BCUT2D eigenvalue weighted by Gasteiger charge is 2.40. The second-order valence-electron chi connectivity index (χ2n) is 9.57. The van der Waals surface area contributed by atoms with Crippen molar-refractivity contribution in [2.24, 2.45) is 5.92 Å². The normalized spacial score (nSPS) is 13.3. The first-order valence-electron chi connectivity index (χ1n) is 12.7. The molecule has 0 saturated heterocycles. The van der Waals surface area contributed by atoms with Crippen molar-refractivity contribution in [2.75, 3.05) is 0 Å². The Labute approximate surface area is 210 Å². The van der Waals surface area contributed by atoms with E-state index in [1.807, 2.05) is 54.6 Å². The van der Waals surface area contributed by atoms with E-state index in [1.54, 1.807) is 0 Å². The van der Waals surface area contributed by atoms with Gasteiger partial charge in [-0.1, -0.05) is 125 Å². The van der Waals surface area contributed by atoms with Crippen LogP contribution in [-0.4, -0.2) is 24.3 Å². The average molecular weight is 471 g/mol. The van der Waals surface area contributed by atoms with E-state index in [4.69, 9.17) is 0 Å². The minimum absolute atomic E-state index is 0.140. The van der Waals surface area contributed by atoms with Crippen molar-refractivity contribution < 1.29 is 9.59 Å². The number of aldehydes is 1. The second-order valence-corrected chi connectivity index (χ2v) is 9.57. The number of amides is 1. The molecule has 4 nitrogen and oxygen atoms in total. The Balaban J connectivity index is 2.12. The van der Waals surface area contributed by atoms with Crippen LogP contribution in [0.25, 0.3) is 0 Å². The van der Waals surface area contributed by atoms with Gasteiger partial charge >= 0.3 is 0 Å². The number of carbonyl (C=O) groups excluding carboxylic acids is 2. The minimum Gasteiger partial charge on any atom is -0.345 e. The van der Waals surface area contributed by atoms with E-state index < -0.39 is 17.6 Å². The predicted molar refractivity (Wildman–Crippen MR) is 143 cm³/mol. The van der Waals surface area contributed by atoms with Crippen molar-refractivity contribution in [3.05, 3.63) is 108 Å². The van der Waals surface area contributed by atoms with Crippen LogP contribution in [0.4, 0.5) is 0 Å². The zero-order valence-corrected chi connectivity index (χ0v) is 21.1. The van der Waals surface area contributed by atoms with Crippen LogP contribution in [0, 0.1) is 5.92 Å². The Morgan fingerprint density at radius 2 is 1.29 bits per heavy atom. The number of rotatable bonds is 13. The molecule has 0 spiro atoms. The molecule has 2 N–H and O–H groups in total. The second kappa shape index (κ2) is 13.0. The molecular weight excluding hydrogens is 432 g/mol. The summed E-state index contributed by atoms with van der Waals surface area (Å²) in [6.07, 6.45) is 4.03. The number of unbranched alkanes of at least 4 members (excludes halogenated alkanes) is 1. The van der Waals surface area contributed by atoms with Crippen LogP contribution in [0.2, 0.25) is 0 Å². The van der Waals surface area contributed by atoms with Crippen LogP contribution in [-0.2, 0) is 15.1 Å². The van der Waals surface area contributed by atoms with E-state index in [1.165, 1.54) is 0 Å². The molecule has 3 aromatic carbocycles. The van der Waals surface area contributed by atoms with Gasteiger partial charge in [0, 0.05) is 0 Å². The molecule has 0 aliphatic carbocycles. The number of carbonyl (C=O) groups is 2. The lowest BCUT2D eigenvalue weighted by atomic mass is 9.76. The van der Waals surface area contributed by atoms with Crippen molar-refractivity contribution in [3.8, 4) is 0 Å². The highest BCUT2D eigenvalue weighted by molar-refractivity contribution is 5.84. The first-order valence-corrected chi connectivity index (χ1v) is 12.7. The molecule has 0 fully saturated rings. The van der Waals surface area contributed by atoms with Gasteiger partial charge in [-0.2, -0.15) is 0 Å². The molecule has 0 radical (unpaired) electrons. The first-order chi connectivity index (χ1) is 17.0. The standard InChI is InChI=1S/C31H38N2O2/c1-4-5-21-28(23-34)32-30(35)29(22-24(2)3)33-31(25-15-9-6-10-16-25,26-17-11-7-12-18-26)27-19-13-8-14-20-27/h6-20,23-24,28-29,33H,4-5,21-22H2,1-3H3,(H,32,35)/t28-,29-/m0/s1. The molecule has 35 heavy (non-hydrogen) atoms. The van der Waals surface area contributed by atoms with Gasteiger partial charge < -0.3 is 10.1 Å². The molecule has 3 aromatic rings. The summed E-state index contributed by atoms with van der Waals surface area (Å²) >= 11 is 0. The van der Waals surface area contributed by atoms with Crippen molar-refractivity contribution in [3.63, 3.8) is 0 Å². The molecule has 3 rings (SSSR count). The van der Waals surface area contributed by atoms with Crippen molar-refractivity contribution in [1.82, 2.24) is 10.6 Å². The maximum absolute atomic E-state index is 13.7. The maximum Gasteiger partial charge on any atom is 0.237 e. The van der Waals surface area contributed by atoms with Gasteiger partial charge in [-0.05, 0) is 35.4 Å². The van der Waals surface area contributed by atoms with Crippen molar-refractivity contribution >= 4 is 12.2 Å². The summed E-state index contributed by atoms with van der Waals surface area (Å²) in [6, 6.07) is 29.8. The summed E-state index contributed by atoms with van der Waals surface area (Å²) in [5.74, 6) is 0.141. The lowest BCUT2D eigenvalue weighted by Crippen LogP contribution is -2.56. The Morgan fingerprint density at radius 1 is 0.829 bits per heavy atom. The van der Waals surface area contributed by atoms with Gasteiger partial charge in [0.15, 0.2) is 0 Å². The molecule has 0 bridgehead atoms. The predicted octanol–water partition coefficient (Wildman–Crippen LogP) is 5.86. The topological polar surface area (TPSA) is 58.2 Å². The van der Waals surface area contributed by atoms with E-state index >= 15 is 0 Å². The average Bonchev–Trinajstić information content (AvgIpc) is 2.90. The summed E-state index contributed by atoms with van der Waals surface area (Å²) in [5.41, 5.74) is 2.41. The summed E-state index contributed by atoms with van der Waals surface area (Å²) in [6.45, 7) is 6.32. The van der Waals surface area contributed by atoms with Crippen LogP contribution in [0.1, 0.15) is 63.1 Å². The lowest BCUT2D eigenvalue weighted by molar-refractivity contribution is -0.126. The van der Waals surface area contributed by atoms with Gasteiger partial charge in [0.25, 0.3) is 0 Å². The van der Waals surface area contributed by atoms with Crippen LogP contribution in [0.5, 0.6) is 0 Å². The van der Waals surface area contributed by atoms with Crippen LogP contribution in [0.3, 0.4) is 0 Å². The van der Waals surface area contributed by atoms with Crippen molar-refractivity contribution in [2.45, 2.75) is 64.1 Å². The maximum atomic E-state index is 13.7. The summed E-state index contributed by atoms with van der Waals surface area (Å²) in [7, 11) is 0. The Hall–Kier alpha value is -3.24. The number of benzene rings is 3. The SMILES string of the molecule is CCCC[C@@H](C=O)NC(=O)[C@H](CC(C)C)NC(c1ccccc1)(c1ccccc1)c1ccccc1. The highest BCUT2D eigenvalue weighted by Crippen LogP contribution is 2.37. The Morgan fingerprint density at radius 3 is 1.66 bits per heavy atom. The number of hydrogen-bond donors (Lipinski definition) is 2. The molecule has 0 heterocycles. The molecule has 0 aliphatic rings. The molecule has 0 unspecified atom stereocenters. The minimum atomic E-state index is -0.749. The fourth-order valence-electron chi connectivity index (χ4n) is 4.66. The summed E-state index contributed by atoms with van der Waals surface area (Å²) in [4.78, 5) is 25.4. The van der Waals surface area contributed by atoms with Crippen LogP contribution < -0.4 is 10.6 Å². The molecule has 1 amide bonds. The van der Waals surface area contributed by atoms with Gasteiger partial charge in [0.1, 0.15) is 6.29 Å². The third kappa shape index (κ3) is 6.67. The van der Waals surface area contributed by atoms with Gasteiger partial charge in [-0.25, -0.2) is 0 Å². The largest absolute Gasteiger partial charge is 0.345 e. The highest BCUT2D eigenvalue weighted by atomic mass is 16.2. The van der Waals surface area contributed by atoms with E-state index in [-0.39, 0.29) is 11.8 Å². The zero-order valence-electron chi connectivity index (χ0n) is 21.1. The fourth-order valence-corrected chi connectivity index (χ4v) is 4.66. The van der Waals surface area contributed by atoms with E-state index in [9.17, 15) is 9.59 Å². The van der Waals surface area contributed by atoms with Crippen molar-refractivity contribution in [1.29, 1.82) is 0 Å². The molecule has 0 aromatic heterocycles. The van der Waals surface area contributed by atoms with Gasteiger partial charge in [-0.3, -0.25) is 10.1 Å². The van der Waals surface area contributed by atoms with E-state index in [0.717, 1.165) is 35.8 Å². The van der Waals surface area contributed by atoms with E-state index in [0.29, 0.717) is 12.8 Å². The smallest absolute Gasteiger partial charge is 0.237 e. The number of nitrogens with one attached hydrogen (secondary N) is 2. The quantitative estimate of drug-likeness (QED) is 0.243. The molecular formula is C31H38N2O2. The zero-order chi connectivity index (χ0) is 25.1. The molecule has 0 aliphatic heterocycles. The number of hydrogen-bond acceptors (Lipinski definition) is 3. The monoisotopic (exact) mass is 470 g/mol. The van der Waals surface area contributed by atoms with Gasteiger partial charge in [-0.15, -0.1) is 0 Å². The Bertz CT molecular complexity index is 939. The fraction of sp³-hybridized carbons (Fsp3) is 0.355. The van der Waals surface area contributed by atoms with Crippen LogP contribution >= 0.6 is 0 Å². The van der Waals surface area contributed by atoms with Gasteiger partial charge in [0.05, 0.1) is 17.6 Å². The Kier molecular flexibility index (Phi) is 9.80. The molecule has 4 heteroatoms. The summed E-state index contributed by atoms with van der Waals surface area (Å²) < 4.78 is 0. The molecule has 0 saturated carbocycles. The lowest BCUT2D eigenvalue weighted by Gasteiger charge is -2.40.